The van der Waals surface area contributed by atoms with Gasteiger partial charge in [-0.25, -0.2) is 4.98 Å². The molecule has 0 unspecified atom stereocenters. The van der Waals surface area contributed by atoms with Crippen LogP contribution in [-0.2, 0) is 28.9 Å². The molecule has 4 aromatic rings. The van der Waals surface area contributed by atoms with Crippen molar-refractivity contribution < 1.29 is 27.2 Å². The molecule has 0 radical (unpaired) electrons. The number of benzene rings is 2. The molecule has 0 saturated carbocycles. The van der Waals surface area contributed by atoms with Crippen molar-refractivity contribution >= 4 is 17.0 Å². The smallest absolute Gasteiger partial charge is 0.449 e. The van der Waals surface area contributed by atoms with Crippen molar-refractivity contribution in [1.82, 2.24) is 19.7 Å². The number of imidazole rings is 1. The summed E-state index contributed by atoms with van der Waals surface area (Å²) in [4.78, 5) is 20.0. The second kappa shape index (κ2) is 8.45. The fourth-order valence-electron chi connectivity index (χ4n) is 3.22. The zero-order valence-corrected chi connectivity index (χ0v) is 17.3. The Hall–Kier alpha value is -3.69. The predicted molar refractivity (Wildman–Crippen MR) is 108 cm³/mol. The first-order valence-electron chi connectivity index (χ1n) is 9.83. The third-order valence-corrected chi connectivity index (χ3v) is 4.86. The molecule has 7 nitrogen and oxygen atoms in total. The van der Waals surface area contributed by atoms with Crippen molar-refractivity contribution in [1.29, 1.82) is 0 Å². The highest BCUT2D eigenvalue weighted by Gasteiger charge is 2.38. The van der Waals surface area contributed by atoms with Gasteiger partial charge in [0.05, 0.1) is 11.0 Å². The zero-order valence-electron chi connectivity index (χ0n) is 17.3. The van der Waals surface area contributed by atoms with Gasteiger partial charge in [-0.3, -0.25) is 4.79 Å². The Labute approximate surface area is 180 Å². The van der Waals surface area contributed by atoms with Gasteiger partial charge in [-0.05, 0) is 23.6 Å². The molecule has 2 aromatic carbocycles. The first-order valence-corrected chi connectivity index (χ1v) is 9.83. The van der Waals surface area contributed by atoms with E-state index in [9.17, 15) is 18.0 Å². The molecule has 2 aromatic heterocycles. The van der Waals surface area contributed by atoms with Crippen LogP contribution in [0.25, 0.3) is 22.4 Å². The van der Waals surface area contributed by atoms with E-state index in [1.54, 1.807) is 12.1 Å². The quantitative estimate of drug-likeness (QED) is 0.391. The molecule has 0 amide bonds. The molecule has 4 rings (SSSR count). The molecule has 0 aliphatic rings. The third kappa shape index (κ3) is 4.48. The van der Waals surface area contributed by atoms with Gasteiger partial charge in [0.1, 0.15) is 6.54 Å². The number of para-hydroxylation sites is 2. The van der Waals surface area contributed by atoms with Crippen molar-refractivity contribution in [2.75, 3.05) is 0 Å². The number of hydrogen-bond donors (Lipinski definition) is 0. The van der Waals surface area contributed by atoms with Crippen LogP contribution in [0.2, 0.25) is 0 Å². The van der Waals surface area contributed by atoms with Gasteiger partial charge in [-0.1, -0.05) is 55.4 Å². The summed E-state index contributed by atoms with van der Waals surface area (Å²) in [6.45, 7) is 3.15. The minimum absolute atomic E-state index is 0.0350. The molecule has 0 spiro atoms. The lowest BCUT2D eigenvalue weighted by Gasteiger charge is -2.10. The van der Waals surface area contributed by atoms with Crippen LogP contribution in [0.3, 0.4) is 0 Å². The summed E-state index contributed by atoms with van der Waals surface area (Å²) in [6, 6.07) is 13.7. The monoisotopic (exact) mass is 444 g/mol. The minimum atomic E-state index is -4.72. The molecule has 0 saturated heterocycles. The number of carbonyl (C=O) groups excluding carboxylic acids is 1. The van der Waals surface area contributed by atoms with E-state index in [4.69, 9.17) is 9.26 Å². The van der Waals surface area contributed by atoms with E-state index in [-0.39, 0.29) is 23.5 Å². The number of halogens is 3. The summed E-state index contributed by atoms with van der Waals surface area (Å²) in [5.41, 5.74) is 2.21. The number of esters is 1. The maximum absolute atomic E-state index is 13.4. The lowest BCUT2D eigenvalue weighted by molar-refractivity contribution is -0.151. The second-order valence-corrected chi connectivity index (χ2v) is 7.46. The molecule has 0 bridgehead atoms. The van der Waals surface area contributed by atoms with Crippen LogP contribution in [0, 0.1) is 0 Å². The molecule has 0 aliphatic heterocycles. The summed E-state index contributed by atoms with van der Waals surface area (Å²) in [7, 11) is 0. The third-order valence-electron chi connectivity index (χ3n) is 4.86. The Morgan fingerprint density at radius 2 is 1.81 bits per heavy atom. The van der Waals surface area contributed by atoms with Gasteiger partial charge in [0, 0.05) is 5.56 Å². The normalized spacial score (nSPS) is 11.9. The Balaban J connectivity index is 1.44. The molecule has 0 aliphatic carbocycles. The SMILES string of the molecule is CC(C)c1ccc(-c2noc(COC(=O)Cn3c(C(F)(F)F)nc4ccccc43)n2)cc1. The fourth-order valence-corrected chi connectivity index (χ4v) is 3.22. The summed E-state index contributed by atoms with van der Waals surface area (Å²) in [6.07, 6.45) is -4.72. The molecular weight excluding hydrogens is 425 g/mol. The number of fused-ring (bicyclic) bond motifs is 1. The largest absolute Gasteiger partial charge is 0.454 e. The summed E-state index contributed by atoms with van der Waals surface area (Å²) < 4.78 is 51.0. The van der Waals surface area contributed by atoms with Gasteiger partial charge in [0.2, 0.25) is 11.6 Å². The Bertz CT molecular complexity index is 1240. The van der Waals surface area contributed by atoms with E-state index in [0.29, 0.717) is 11.7 Å². The second-order valence-electron chi connectivity index (χ2n) is 7.46. The van der Waals surface area contributed by atoms with E-state index in [1.807, 2.05) is 24.3 Å². The van der Waals surface area contributed by atoms with Crippen LogP contribution in [0.4, 0.5) is 13.2 Å². The lowest BCUT2D eigenvalue weighted by atomic mass is 10.0. The zero-order chi connectivity index (χ0) is 22.9. The van der Waals surface area contributed by atoms with Crippen LogP contribution in [0.1, 0.15) is 37.0 Å². The van der Waals surface area contributed by atoms with Crippen molar-refractivity contribution in [2.24, 2.45) is 0 Å². The summed E-state index contributed by atoms with van der Waals surface area (Å²) in [5.74, 6) is -1.31. The summed E-state index contributed by atoms with van der Waals surface area (Å²) in [5, 5.41) is 3.86. The Morgan fingerprint density at radius 3 is 2.50 bits per heavy atom. The standard InChI is InChI=1S/C22H19F3N4O3/c1-13(2)14-7-9-15(10-8-14)20-27-18(32-28-20)12-31-19(30)11-29-17-6-4-3-5-16(17)26-21(29)22(23,24)25/h3-10,13H,11-12H2,1-2H3. The maximum atomic E-state index is 13.4. The molecule has 0 fully saturated rings. The number of rotatable bonds is 6. The van der Waals surface area contributed by atoms with E-state index in [1.165, 1.54) is 12.1 Å². The molecule has 0 N–H and O–H groups in total. The number of aromatic nitrogens is 4. The van der Waals surface area contributed by atoms with Gasteiger partial charge in [-0.15, -0.1) is 0 Å². The molecule has 10 heteroatoms. The van der Waals surface area contributed by atoms with Gasteiger partial charge in [0.15, 0.2) is 6.61 Å². The highest BCUT2D eigenvalue weighted by atomic mass is 19.4. The topological polar surface area (TPSA) is 83.0 Å². The molecular formula is C22H19F3N4O3. The summed E-state index contributed by atoms with van der Waals surface area (Å²) >= 11 is 0. The van der Waals surface area contributed by atoms with E-state index in [0.717, 1.165) is 15.7 Å². The first-order chi connectivity index (χ1) is 15.2. The van der Waals surface area contributed by atoms with Crippen LogP contribution in [0.5, 0.6) is 0 Å². The maximum Gasteiger partial charge on any atom is 0.449 e. The highest BCUT2D eigenvalue weighted by Crippen LogP contribution is 2.31. The number of nitrogens with zero attached hydrogens (tertiary/aromatic N) is 4. The number of carbonyl (C=O) groups is 1. The fraction of sp³-hybridized carbons (Fsp3) is 0.273. The van der Waals surface area contributed by atoms with Crippen molar-refractivity contribution in [3.05, 3.63) is 65.8 Å². The van der Waals surface area contributed by atoms with E-state index < -0.39 is 24.5 Å². The van der Waals surface area contributed by atoms with Crippen LogP contribution < -0.4 is 0 Å². The van der Waals surface area contributed by atoms with Crippen molar-refractivity contribution in [3.8, 4) is 11.4 Å². The number of ether oxygens (including phenoxy) is 1. The molecule has 166 valence electrons. The van der Waals surface area contributed by atoms with Gasteiger partial charge in [0.25, 0.3) is 5.89 Å². The first kappa shape index (κ1) is 21.5. The number of hydrogen-bond acceptors (Lipinski definition) is 6. The Kier molecular flexibility index (Phi) is 5.68. The van der Waals surface area contributed by atoms with Crippen LogP contribution in [-0.4, -0.2) is 25.7 Å². The van der Waals surface area contributed by atoms with Crippen molar-refractivity contribution in [2.45, 2.75) is 39.1 Å². The molecule has 2 heterocycles. The van der Waals surface area contributed by atoms with Gasteiger partial charge in [-0.2, -0.15) is 18.2 Å². The van der Waals surface area contributed by atoms with E-state index >= 15 is 0 Å². The van der Waals surface area contributed by atoms with Gasteiger partial charge < -0.3 is 13.8 Å². The average Bonchev–Trinajstić information content (AvgIpc) is 3.37. The highest BCUT2D eigenvalue weighted by molar-refractivity contribution is 5.79. The van der Waals surface area contributed by atoms with Crippen LogP contribution >= 0.6 is 0 Å². The minimum Gasteiger partial charge on any atom is -0.454 e. The number of alkyl halides is 3. The van der Waals surface area contributed by atoms with E-state index in [2.05, 4.69) is 29.0 Å². The van der Waals surface area contributed by atoms with Crippen LogP contribution in [0.15, 0.2) is 53.1 Å². The molecule has 0 atom stereocenters. The average molecular weight is 444 g/mol. The molecule has 32 heavy (non-hydrogen) atoms. The predicted octanol–water partition coefficient (Wildman–Crippen LogP) is 4.97. The van der Waals surface area contributed by atoms with Crippen molar-refractivity contribution in [3.63, 3.8) is 0 Å². The lowest BCUT2D eigenvalue weighted by Crippen LogP contribution is -2.20. The Morgan fingerprint density at radius 1 is 1.09 bits per heavy atom. The van der Waals surface area contributed by atoms with Gasteiger partial charge >= 0.3 is 12.1 Å².